The average Bonchev–Trinajstić information content (AvgIpc) is 3.20. The summed E-state index contributed by atoms with van der Waals surface area (Å²) in [4.78, 5) is 22.7. The zero-order chi connectivity index (χ0) is 21.1. The second-order valence-electron chi connectivity index (χ2n) is 7.41. The lowest BCUT2D eigenvalue weighted by atomic mass is 10.0. The second kappa shape index (κ2) is 8.83. The Morgan fingerprint density at radius 3 is 2.63 bits per heavy atom. The van der Waals surface area contributed by atoms with Crippen molar-refractivity contribution in [2.75, 3.05) is 0 Å². The van der Waals surface area contributed by atoms with Gasteiger partial charge in [0.25, 0.3) is 5.56 Å². The van der Waals surface area contributed by atoms with E-state index in [9.17, 15) is 4.79 Å². The Morgan fingerprint density at radius 2 is 1.83 bits per heavy atom. The molecule has 0 unspecified atom stereocenters. The van der Waals surface area contributed by atoms with Crippen LogP contribution in [0, 0.1) is 0 Å². The molecule has 0 saturated carbocycles. The molecule has 0 N–H and O–H groups in total. The van der Waals surface area contributed by atoms with E-state index >= 15 is 0 Å². The maximum atomic E-state index is 13.5. The van der Waals surface area contributed by atoms with Crippen molar-refractivity contribution in [2.24, 2.45) is 0 Å². The first-order chi connectivity index (χ1) is 14.6. The van der Waals surface area contributed by atoms with Crippen LogP contribution in [0.5, 0.6) is 0 Å². The van der Waals surface area contributed by atoms with E-state index in [1.165, 1.54) is 11.8 Å². The summed E-state index contributed by atoms with van der Waals surface area (Å²) in [5.74, 6) is 1.97. The van der Waals surface area contributed by atoms with Gasteiger partial charge in [-0.3, -0.25) is 9.36 Å². The minimum atomic E-state index is -0.0756. The molecule has 30 heavy (non-hydrogen) atoms. The normalized spacial score (nSPS) is 11.5. The maximum absolute atomic E-state index is 13.5. The highest BCUT2D eigenvalue weighted by Crippen LogP contribution is 2.28. The second-order valence-corrected chi connectivity index (χ2v) is 8.35. The summed E-state index contributed by atoms with van der Waals surface area (Å²) in [6.45, 7) is 6.33. The average molecular weight is 421 g/mol. The number of hydrogen-bond acceptors (Lipinski definition) is 6. The summed E-state index contributed by atoms with van der Waals surface area (Å²) in [7, 11) is 0. The standard InChI is InChI=1S/C23H24N4O2S/c1-4-9-20-25-21(29-26-20)14-30-23-24-18-12-7-5-11-17(18)22(28)27(23)19-13-8-6-10-16(19)15(2)3/h5-8,10-13,15H,4,9,14H2,1-3H3. The number of aromatic nitrogens is 4. The summed E-state index contributed by atoms with van der Waals surface area (Å²) >= 11 is 1.43. The first kappa shape index (κ1) is 20.3. The van der Waals surface area contributed by atoms with Crippen molar-refractivity contribution in [1.29, 1.82) is 0 Å². The zero-order valence-corrected chi connectivity index (χ0v) is 18.1. The third kappa shape index (κ3) is 4.03. The van der Waals surface area contributed by atoms with Crippen LogP contribution in [0.4, 0.5) is 0 Å². The number of fused-ring (bicyclic) bond motifs is 1. The van der Waals surface area contributed by atoms with Gasteiger partial charge in [-0.2, -0.15) is 4.98 Å². The van der Waals surface area contributed by atoms with E-state index in [-0.39, 0.29) is 11.5 Å². The van der Waals surface area contributed by atoms with E-state index in [0.717, 1.165) is 24.1 Å². The molecule has 0 amide bonds. The van der Waals surface area contributed by atoms with Crippen LogP contribution in [-0.2, 0) is 12.2 Å². The van der Waals surface area contributed by atoms with Crippen LogP contribution in [-0.4, -0.2) is 19.7 Å². The minimum Gasteiger partial charge on any atom is -0.338 e. The lowest BCUT2D eigenvalue weighted by molar-refractivity contribution is 0.384. The van der Waals surface area contributed by atoms with Crippen molar-refractivity contribution in [3.8, 4) is 5.69 Å². The van der Waals surface area contributed by atoms with Crippen LogP contribution < -0.4 is 5.56 Å². The molecule has 2 heterocycles. The van der Waals surface area contributed by atoms with Gasteiger partial charge >= 0.3 is 0 Å². The van der Waals surface area contributed by atoms with Crippen LogP contribution >= 0.6 is 11.8 Å². The molecule has 6 nitrogen and oxygen atoms in total. The maximum Gasteiger partial charge on any atom is 0.266 e. The van der Waals surface area contributed by atoms with Crippen LogP contribution in [0.25, 0.3) is 16.6 Å². The smallest absolute Gasteiger partial charge is 0.266 e. The van der Waals surface area contributed by atoms with Crippen molar-refractivity contribution in [1.82, 2.24) is 19.7 Å². The Hall–Kier alpha value is -2.93. The number of aryl methyl sites for hydroxylation is 1. The molecule has 7 heteroatoms. The highest BCUT2D eigenvalue weighted by Gasteiger charge is 2.18. The quantitative estimate of drug-likeness (QED) is 0.305. The lowest BCUT2D eigenvalue weighted by Gasteiger charge is -2.17. The van der Waals surface area contributed by atoms with Crippen molar-refractivity contribution >= 4 is 22.7 Å². The molecule has 0 spiro atoms. The third-order valence-electron chi connectivity index (χ3n) is 4.85. The topological polar surface area (TPSA) is 73.8 Å². The molecule has 0 aliphatic carbocycles. The fourth-order valence-electron chi connectivity index (χ4n) is 3.40. The van der Waals surface area contributed by atoms with Gasteiger partial charge in [-0.25, -0.2) is 4.98 Å². The van der Waals surface area contributed by atoms with Crippen LogP contribution in [0.3, 0.4) is 0 Å². The predicted octanol–water partition coefficient (Wildman–Crippen LogP) is 5.14. The van der Waals surface area contributed by atoms with Crippen molar-refractivity contribution < 1.29 is 4.52 Å². The van der Waals surface area contributed by atoms with E-state index in [0.29, 0.717) is 33.5 Å². The zero-order valence-electron chi connectivity index (χ0n) is 17.3. The van der Waals surface area contributed by atoms with Gasteiger partial charge in [-0.1, -0.05) is 68.0 Å². The van der Waals surface area contributed by atoms with Crippen molar-refractivity contribution in [3.63, 3.8) is 0 Å². The van der Waals surface area contributed by atoms with E-state index in [1.54, 1.807) is 4.57 Å². The van der Waals surface area contributed by atoms with E-state index in [1.807, 2.05) is 42.5 Å². The lowest BCUT2D eigenvalue weighted by Crippen LogP contribution is -2.23. The Kier molecular flexibility index (Phi) is 5.99. The molecule has 4 aromatic rings. The van der Waals surface area contributed by atoms with Crippen molar-refractivity contribution in [2.45, 2.75) is 50.4 Å². The Labute approximate surface area is 179 Å². The van der Waals surface area contributed by atoms with Gasteiger partial charge in [-0.05, 0) is 36.1 Å². The van der Waals surface area contributed by atoms with Gasteiger partial charge in [0.05, 0.1) is 22.3 Å². The first-order valence-corrected chi connectivity index (χ1v) is 11.1. The van der Waals surface area contributed by atoms with Gasteiger partial charge in [0.15, 0.2) is 11.0 Å². The van der Waals surface area contributed by atoms with Crippen LogP contribution in [0.15, 0.2) is 63.0 Å². The molecule has 154 valence electrons. The van der Waals surface area contributed by atoms with Crippen LogP contribution in [0.1, 0.15) is 50.4 Å². The summed E-state index contributed by atoms with van der Waals surface area (Å²) < 4.78 is 7.08. The molecule has 0 radical (unpaired) electrons. The predicted molar refractivity (Wildman–Crippen MR) is 119 cm³/mol. The number of hydrogen-bond donors (Lipinski definition) is 0. The molecule has 0 bridgehead atoms. The van der Waals surface area contributed by atoms with Gasteiger partial charge < -0.3 is 4.52 Å². The summed E-state index contributed by atoms with van der Waals surface area (Å²) in [6.07, 6.45) is 1.75. The molecule has 0 saturated heterocycles. The van der Waals surface area contributed by atoms with Gasteiger partial charge in [0, 0.05) is 6.42 Å². The number of rotatable bonds is 7. The fraction of sp³-hybridized carbons (Fsp3) is 0.304. The molecule has 4 rings (SSSR count). The van der Waals surface area contributed by atoms with Crippen molar-refractivity contribution in [3.05, 3.63) is 76.2 Å². The van der Waals surface area contributed by atoms with E-state index in [4.69, 9.17) is 9.51 Å². The third-order valence-corrected chi connectivity index (χ3v) is 5.78. The molecule has 2 aromatic heterocycles. The Balaban J connectivity index is 1.82. The summed E-state index contributed by atoms with van der Waals surface area (Å²) in [5, 5.41) is 5.23. The van der Waals surface area contributed by atoms with Gasteiger partial charge in [0.2, 0.25) is 5.89 Å². The van der Waals surface area contributed by atoms with Gasteiger partial charge in [-0.15, -0.1) is 0 Å². The van der Waals surface area contributed by atoms with Gasteiger partial charge in [0.1, 0.15) is 0 Å². The number of thioether (sulfide) groups is 1. The molecule has 0 aliphatic heterocycles. The summed E-state index contributed by atoms with van der Waals surface area (Å²) in [6, 6.07) is 15.4. The first-order valence-electron chi connectivity index (χ1n) is 10.1. The number of benzene rings is 2. The Bertz CT molecular complexity index is 1230. The van der Waals surface area contributed by atoms with E-state index < -0.39 is 0 Å². The summed E-state index contributed by atoms with van der Waals surface area (Å²) in [5.41, 5.74) is 2.56. The van der Waals surface area contributed by atoms with E-state index in [2.05, 4.69) is 37.0 Å². The molecule has 0 fully saturated rings. The number of nitrogens with zero attached hydrogens (tertiary/aromatic N) is 4. The molecule has 2 aromatic carbocycles. The SMILES string of the molecule is CCCc1noc(CSc2nc3ccccc3c(=O)n2-c2ccccc2C(C)C)n1. The molecular weight excluding hydrogens is 396 g/mol. The highest BCUT2D eigenvalue weighted by atomic mass is 32.2. The largest absolute Gasteiger partial charge is 0.338 e. The molecule has 0 atom stereocenters. The molecule has 0 aliphatic rings. The number of para-hydroxylation sites is 2. The Morgan fingerprint density at radius 1 is 1.07 bits per heavy atom. The fourth-order valence-corrected chi connectivity index (χ4v) is 4.24. The molecular formula is C23H24N4O2S. The highest BCUT2D eigenvalue weighted by molar-refractivity contribution is 7.98. The minimum absolute atomic E-state index is 0.0756. The monoisotopic (exact) mass is 420 g/mol. The van der Waals surface area contributed by atoms with Crippen LogP contribution in [0.2, 0.25) is 0 Å².